The number of rotatable bonds is 6. The lowest BCUT2D eigenvalue weighted by Gasteiger charge is -2.22. The lowest BCUT2D eigenvalue weighted by atomic mass is 9.89. The Morgan fingerprint density at radius 2 is 2.11 bits per heavy atom. The molecule has 108 valence electrons. The number of methoxy groups -OCH3 is 1. The number of nitrogens with zero attached hydrogens (tertiary/aromatic N) is 2. The second kappa shape index (κ2) is 6.68. The molecule has 0 aliphatic rings. The van der Waals surface area contributed by atoms with Crippen LogP contribution >= 0.6 is 0 Å². The Labute approximate surface area is 114 Å². The fourth-order valence-electron chi connectivity index (χ4n) is 1.80. The molecule has 19 heavy (non-hydrogen) atoms. The van der Waals surface area contributed by atoms with Crippen LogP contribution in [0.15, 0.2) is 6.07 Å². The molecule has 0 fully saturated rings. The summed E-state index contributed by atoms with van der Waals surface area (Å²) in [5, 5.41) is 13.0. The van der Waals surface area contributed by atoms with Gasteiger partial charge in [-0.3, -0.25) is 0 Å². The fourth-order valence-corrected chi connectivity index (χ4v) is 1.80. The number of nitrogens with one attached hydrogen (secondary N) is 1. The molecule has 1 aromatic heterocycles. The molecule has 4 N–H and O–H groups in total. The highest BCUT2D eigenvalue weighted by Gasteiger charge is 2.16. The van der Waals surface area contributed by atoms with E-state index in [1.807, 2.05) is 0 Å². The molecule has 0 bridgehead atoms. The summed E-state index contributed by atoms with van der Waals surface area (Å²) in [5.41, 5.74) is 5.78. The Morgan fingerprint density at radius 1 is 1.42 bits per heavy atom. The van der Waals surface area contributed by atoms with Gasteiger partial charge in [0, 0.05) is 19.7 Å². The molecule has 6 nitrogen and oxygen atoms in total. The third kappa shape index (κ3) is 6.35. The number of aliphatic hydroxyl groups excluding tert-OH is 1. The average molecular weight is 268 g/mol. The minimum absolute atomic E-state index is 0.0903. The normalized spacial score (nSPS) is 13.3. The van der Waals surface area contributed by atoms with Gasteiger partial charge in [-0.05, 0) is 11.8 Å². The van der Waals surface area contributed by atoms with Gasteiger partial charge in [-0.2, -0.15) is 0 Å². The zero-order valence-electron chi connectivity index (χ0n) is 12.1. The number of anilines is 2. The molecule has 0 spiro atoms. The Morgan fingerprint density at radius 3 is 2.68 bits per heavy atom. The van der Waals surface area contributed by atoms with Gasteiger partial charge in [0.15, 0.2) is 5.82 Å². The van der Waals surface area contributed by atoms with Crippen molar-refractivity contribution in [2.75, 3.05) is 24.7 Å². The number of aromatic nitrogens is 2. The van der Waals surface area contributed by atoms with Crippen LogP contribution in [0, 0.1) is 5.41 Å². The van der Waals surface area contributed by atoms with Gasteiger partial charge < -0.3 is 20.9 Å². The van der Waals surface area contributed by atoms with Crippen LogP contribution in [0.4, 0.5) is 11.6 Å². The summed E-state index contributed by atoms with van der Waals surface area (Å²) in [7, 11) is 1.58. The second-order valence-electron chi connectivity index (χ2n) is 5.83. The van der Waals surface area contributed by atoms with Gasteiger partial charge >= 0.3 is 0 Å². The molecule has 0 aliphatic heterocycles. The molecule has 1 rings (SSSR count). The molecule has 0 saturated carbocycles. The molecule has 1 aromatic rings. The molecule has 0 saturated heterocycles. The van der Waals surface area contributed by atoms with E-state index in [0.29, 0.717) is 37.0 Å². The number of hydrogen-bond acceptors (Lipinski definition) is 6. The van der Waals surface area contributed by atoms with Crippen molar-refractivity contribution >= 4 is 11.6 Å². The van der Waals surface area contributed by atoms with Crippen LogP contribution in [0.5, 0.6) is 0 Å². The Balaban J connectivity index is 2.57. The van der Waals surface area contributed by atoms with Gasteiger partial charge in [0.25, 0.3) is 0 Å². The first-order valence-electron chi connectivity index (χ1n) is 6.34. The molecule has 0 radical (unpaired) electrons. The van der Waals surface area contributed by atoms with Crippen molar-refractivity contribution in [2.24, 2.45) is 5.41 Å². The SMILES string of the molecule is COCc1nc(N)cc(NCC(O)CC(C)(C)C)n1. The highest BCUT2D eigenvalue weighted by atomic mass is 16.5. The van der Waals surface area contributed by atoms with E-state index in [-0.39, 0.29) is 5.41 Å². The van der Waals surface area contributed by atoms with Crippen molar-refractivity contribution in [1.29, 1.82) is 0 Å². The minimum Gasteiger partial charge on any atom is -0.391 e. The van der Waals surface area contributed by atoms with Gasteiger partial charge in [0.05, 0.1) is 6.10 Å². The second-order valence-corrected chi connectivity index (χ2v) is 5.83. The van der Waals surface area contributed by atoms with Crippen LogP contribution in [0.1, 0.15) is 33.0 Å². The molecular formula is C13H24N4O2. The zero-order chi connectivity index (χ0) is 14.5. The Bertz CT molecular complexity index is 404. The molecule has 1 atom stereocenters. The third-order valence-electron chi connectivity index (χ3n) is 2.43. The van der Waals surface area contributed by atoms with Gasteiger partial charge in [0.2, 0.25) is 0 Å². The summed E-state index contributed by atoms with van der Waals surface area (Å²) in [4.78, 5) is 8.30. The van der Waals surface area contributed by atoms with E-state index in [2.05, 4.69) is 36.1 Å². The third-order valence-corrected chi connectivity index (χ3v) is 2.43. The van der Waals surface area contributed by atoms with Crippen LogP contribution in [0.3, 0.4) is 0 Å². The maximum Gasteiger partial charge on any atom is 0.158 e. The summed E-state index contributed by atoms with van der Waals surface area (Å²) in [6.07, 6.45) is 0.285. The monoisotopic (exact) mass is 268 g/mol. The molecule has 6 heteroatoms. The number of nitrogen functional groups attached to an aromatic ring is 1. The molecule has 0 amide bonds. The summed E-state index contributed by atoms with van der Waals surface area (Å²) in [6, 6.07) is 1.64. The first-order valence-corrected chi connectivity index (χ1v) is 6.34. The quantitative estimate of drug-likeness (QED) is 0.722. The van der Waals surface area contributed by atoms with Crippen molar-refractivity contribution in [3.63, 3.8) is 0 Å². The van der Waals surface area contributed by atoms with Gasteiger partial charge in [-0.1, -0.05) is 20.8 Å². The van der Waals surface area contributed by atoms with E-state index in [1.165, 1.54) is 0 Å². The van der Waals surface area contributed by atoms with Gasteiger partial charge in [0.1, 0.15) is 18.2 Å². The van der Waals surface area contributed by atoms with Gasteiger partial charge in [-0.25, -0.2) is 9.97 Å². The van der Waals surface area contributed by atoms with E-state index >= 15 is 0 Å². The van der Waals surface area contributed by atoms with Crippen LogP contribution in [0.2, 0.25) is 0 Å². The zero-order valence-corrected chi connectivity index (χ0v) is 12.1. The molecular weight excluding hydrogens is 244 g/mol. The number of ether oxygens (including phenoxy) is 1. The smallest absolute Gasteiger partial charge is 0.158 e. The molecule has 0 aromatic carbocycles. The minimum atomic E-state index is -0.429. The van der Waals surface area contributed by atoms with Crippen LogP contribution in [-0.2, 0) is 11.3 Å². The number of hydrogen-bond donors (Lipinski definition) is 3. The first-order chi connectivity index (χ1) is 8.80. The van der Waals surface area contributed by atoms with E-state index in [9.17, 15) is 5.11 Å². The molecule has 1 unspecified atom stereocenters. The highest BCUT2D eigenvalue weighted by Crippen LogP contribution is 2.21. The average Bonchev–Trinajstić information content (AvgIpc) is 2.24. The summed E-state index contributed by atoms with van der Waals surface area (Å²) in [6.45, 7) is 7.02. The van der Waals surface area contributed by atoms with Crippen LogP contribution in [-0.4, -0.2) is 34.8 Å². The molecule has 1 heterocycles. The summed E-state index contributed by atoms with van der Waals surface area (Å²) >= 11 is 0. The van der Waals surface area contributed by atoms with E-state index in [0.717, 1.165) is 0 Å². The van der Waals surface area contributed by atoms with Crippen molar-refractivity contribution in [3.05, 3.63) is 11.9 Å². The van der Waals surface area contributed by atoms with E-state index in [4.69, 9.17) is 10.5 Å². The Kier molecular flexibility index (Phi) is 5.50. The number of aliphatic hydroxyl groups is 1. The summed E-state index contributed by atoms with van der Waals surface area (Å²) < 4.78 is 4.97. The van der Waals surface area contributed by atoms with Crippen molar-refractivity contribution in [2.45, 2.75) is 39.9 Å². The predicted molar refractivity (Wildman–Crippen MR) is 75.7 cm³/mol. The predicted octanol–water partition coefficient (Wildman–Crippen LogP) is 1.41. The fraction of sp³-hybridized carbons (Fsp3) is 0.692. The Hall–Kier alpha value is -1.40. The van der Waals surface area contributed by atoms with E-state index in [1.54, 1.807) is 13.2 Å². The largest absolute Gasteiger partial charge is 0.391 e. The summed E-state index contributed by atoms with van der Waals surface area (Å²) in [5.74, 6) is 1.51. The van der Waals surface area contributed by atoms with Crippen LogP contribution < -0.4 is 11.1 Å². The lowest BCUT2D eigenvalue weighted by Crippen LogP contribution is -2.25. The van der Waals surface area contributed by atoms with Crippen LogP contribution in [0.25, 0.3) is 0 Å². The maximum atomic E-state index is 9.93. The topological polar surface area (TPSA) is 93.3 Å². The number of nitrogens with two attached hydrogens (primary N) is 1. The maximum absolute atomic E-state index is 9.93. The van der Waals surface area contributed by atoms with Crippen molar-refractivity contribution in [3.8, 4) is 0 Å². The first kappa shape index (κ1) is 15.7. The lowest BCUT2D eigenvalue weighted by molar-refractivity contribution is 0.132. The highest BCUT2D eigenvalue weighted by molar-refractivity contribution is 5.44. The standard InChI is InChI=1S/C13H24N4O2/c1-13(2,3)6-9(18)7-15-11-5-10(14)16-12(17-11)8-19-4/h5,9,18H,6-8H2,1-4H3,(H3,14,15,16,17). The van der Waals surface area contributed by atoms with Crippen molar-refractivity contribution in [1.82, 2.24) is 9.97 Å². The van der Waals surface area contributed by atoms with E-state index < -0.39 is 6.10 Å². The molecule has 0 aliphatic carbocycles. The van der Waals surface area contributed by atoms with Crippen molar-refractivity contribution < 1.29 is 9.84 Å². The van der Waals surface area contributed by atoms with Gasteiger partial charge in [-0.15, -0.1) is 0 Å².